The van der Waals surface area contributed by atoms with Crippen LogP contribution in [0.3, 0.4) is 0 Å². The summed E-state index contributed by atoms with van der Waals surface area (Å²) in [6.07, 6.45) is 2.17. The number of esters is 1. The Labute approximate surface area is 114 Å². The molecule has 0 saturated carbocycles. The van der Waals surface area contributed by atoms with Gasteiger partial charge in [0, 0.05) is 17.1 Å². The van der Waals surface area contributed by atoms with Gasteiger partial charge < -0.3 is 14.8 Å². The van der Waals surface area contributed by atoms with Crippen LogP contribution in [0.4, 0.5) is 0 Å². The fraction of sp³-hybridized carbons (Fsp3) is 0.923. The Bertz CT molecular complexity index is 287. The summed E-state index contributed by atoms with van der Waals surface area (Å²) in [5.74, 6) is -0.201. The Kier molecular flexibility index (Phi) is 5.95. The van der Waals surface area contributed by atoms with Gasteiger partial charge >= 0.3 is 5.97 Å². The number of hydrogen-bond acceptors (Lipinski definition) is 5. The zero-order chi connectivity index (χ0) is 13.8. The largest absolute Gasteiger partial charge is 0.468 e. The van der Waals surface area contributed by atoms with E-state index in [-0.39, 0.29) is 5.97 Å². The van der Waals surface area contributed by atoms with Crippen molar-refractivity contribution in [1.29, 1.82) is 0 Å². The molecule has 0 amide bonds. The lowest BCUT2D eigenvalue weighted by atomic mass is 9.96. The number of likely N-dealkylation sites (N-methyl/N-ethyl adjacent to an activating group) is 1. The molecule has 106 valence electrons. The zero-order valence-electron chi connectivity index (χ0n) is 12.0. The van der Waals surface area contributed by atoms with E-state index in [2.05, 4.69) is 19.2 Å². The highest BCUT2D eigenvalue weighted by Crippen LogP contribution is 2.33. The van der Waals surface area contributed by atoms with Crippen LogP contribution in [-0.4, -0.2) is 48.9 Å². The van der Waals surface area contributed by atoms with Gasteiger partial charge in [-0.1, -0.05) is 6.92 Å². The van der Waals surface area contributed by atoms with E-state index in [0.29, 0.717) is 16.6 Å². The summed E-state index contributed by atoms with van der Waals surface area (Å²) < 4.78 is 10.4. The first-order valence-corrected chi connectivity index (χ1v) is 7.41. The van der Waals surface area contributed by atoms with Crippen molar-refractivity contribution in [1.82, 2.24) is 5.32 Å². The first-order chi connectivity index (χ1) is 8.42. The minimum absolute atomic E-state index is 0.201. The van der Waals surface area contributed by atoms with Crippen molar-refractivity contribution in [3.8, 4) is 0 Å². The minimum Gasteiger partial charge on any atom is -0.468 e. The van der Waals surface area contributed by atoms with E-state index >= 15 is 0 Å². The molecule has 1 saturated heterocycles. The van der Waals surface area contributed by atoms with Crippen molar-refractivity contribution in [2.24, 2.45) is 0 Å². The summed E-state index contributed by atoms with van der Waals surface area (Å²) in [6.45, 7) is 7.03. The van der Waals surface area contributed by atoms with E-state index in [1.807, 2.05) is 18.7 Å². The zero-order valence-corrected chi connectivity index (χ0v) is 12.8. The maximum absolute atomic E-state index is 11.8. The summed E-state index contributed by atoms with van der Waals surface area (Å²) in [5, 5.41) is 4.00. The topological polar surface area (TPSA) is 47.6 Å². The smallest absolute Gasteiger partial charge is 0.325 e. The SMILES string of the molecule is CNC(C)(CC(C)SC1CCOC1C)C(=O)OC. The molecule has 0 radical (unpaired) electrons. The van der Waals surface area contributed by atoms with E-state index < -0.39 is 5.54 Å². The van der Waals surface area contributed by atoms with Crippen LogP contribution in [0.25, 0.3) is 0 Å². The number of thioether (sulfide) groups is 1. The summed E-state index contributed by atoms with van der Waals surface area (Å²) in [7, 11) is 3.23. The molecule has 18 heavy (non-hydrogen) atoms. The Morgan fingerprint density at radius 1 is 1.67 bits per heavy atom. The van der Waals surface area contributed by atoms with Gasteiger partial charge in [0.1, 0.15) is 5.54 Å². The third-order valence-electron chi connectivity index (χ3n) is 3.60. The van der Waals surface area contributed by atoms with E-state index in [0.717, 1.165) is 19.4 Å². The highest BCUT2D eigenvalue weighted by atomic mass is 32.2. The number of hydrogen-bond donors (Lipinski definition) is 1. The summed E-state index contributed by atoms with van der Waals surface area (Å²) >= 11 is 1.91. The van der Waals surface area contributed by atoms with Crippen LogP contribution in [0.1, 0.15) is 33.6 Å². The fourth-order valence-electron chi connectivity index (χ4n) is 2.32. The third-order valence-corrected chi connectivity index (χ3v) is 5.20. The average Bonchev–Trinajstić information content (AvgIpc) is 2.73. The molecule has 5 heteroatoms. The predicted molar refractivity (Wildman–Crippen MR) is 75.0 cm³/mol. The molecular formula is C13H25NO3S. The van der Waals surface area contributed by atoms with E-state index in [1.54, 1.807) is 7.05 Å². The van der Waals surface area contributed by atoms with Crippen molar-refractivity contribution < 1.29 is 14.3 Å². The number of carbonyl (C=O) groups is 1. The monoisotopic (exact) mass is 275 g/mol. The maximum atomic E-state index is 11.8. The molecule has 4 nitrogen and oxygen atoms in total. The van der Waals surface area contributed by atoms with Crippen molar-refractivity contribution in [2.75, 3.05) is 20.8 Å². The van der Waals surface area contributed by atoms with Gasteiger partial charge in [-0.3, -0.25) is 4.79 Å². The molecular weight excluding hydrogens is 250 g/mol. The second-order valence-corrected chi connectivity index (χ2v) is 6.81. The van der Waals surface area contributed by atoms with Gasteiger partial charge in [0.15, 0.2) is 0 Å². The van der Waals surface area contributed by atoms with Crippen molar-refractivity contribution in [2.45, 2.75) is 55.8 Å². The lowest BCUT2D eigenvalue weighted by Crippen LogP contribution is -2.50. The molecule has 0 spiro atoms. The first kappa shape index (κ1) is 15.8. The van der Waals surface area contributed by atoms with Gasteiger partial charge in [-0.2, -0.15) is 11.8 Å². The van der Waals surface area contributed by atoms with E-state index in [9.17, 15) is 4.79 Å². The standard InChI is InChI=1S/C13H25NO3S/c1-9(18-11-6-7-17-10(11)2)8-13(3,14-4)12(15)16-5/h9-11,14H,6-8H2,1-5H3. The average molecular weight is 275 g/mol. The number of carbonyl (C=O) groups excluding carboxylic acids is 1. The molecule has 1 heterocycles. The lowest BCUT2D eigenvalue weighted by Gasteiger charge is -2.30. The van der Waals surface area contributed by atoms with Crippen LogP contribution in [-0.2, 0) is 14.3 Å². The molecule has 0 aromatic carbocycles. The van der Waals surface area contributed by atoms with Crippen molar-refractivity contribution in [3.63, 3.8) is 0 Å². The van der Waals surface area contributed by atoms with Crippen molar-refractivity contribution >= 4 is 17.7 Å². The Morgan fingerprint density at radius 2 is 2.33 bits per heavy atom. The quantitative estimate of drug-likeness (QED) is 0.749. The number of methoxy groups -OCH3 is 1. The fourth-order valence-corrected chi connectivity index (χ4v) is 3.88. The van der Waals surface area contributed by atoms with Crippen LogP contribution in [0, 0.1) is 0 Å². The van der Waals surface area contributed by atoms with Crippen LogP contribution in [0.15, 0.2) is 0 Å². The summed E-state index contributed by atoms with van der Waals surface area (Å²) in [4.78, 5) is 11.8. The normalized spacial score (nSPS) is 28.7. The number of ether oxygens (including phenoxy) is 2. The molecule has 1 fully saturated rings. The maximum Gasteiger partial charge on any atom is 0.325 e. The van der Waals surface area contributed by atoms with Gasteiger partial charge in [0.25, 0.3) is 0 Å². The predicted octanol–water partition coefficient (Wildman–Crippen LogP) is 1.83. The lowest BCUT2D eigenvalue weighted by molar-refractivity contribution is -0.147. The highest BCUT2D eigenvalue weighted by Gasteiger charge is 2.36. The molecule has 0 aliphatic carbocycles. The van der Waals surface area contributed by atoms with Gasteiger partial charge in [-0.25, -0.2) is 0 Å². The molecule has 1 aliphatic heterocycles. The number of rotatable bonds is 6. The second-order valence-electron chi connectivity index (χ2n) is 5.13. The van der Waals surface area contributed by atoms with Crippen molar-refractivity contribution in [3.05, 3.63) is 0 Å². The van der Waals surface area contributed by atoms with Gasteiger partial charge in [0.05, 0.1) is 13.2 Å². The van der Waals surface area contributed by atoms with Gasteiger partial charge in [0.2, 0.25) is 0 Å². The second kappa shape index (κ2) is 6.78. The Morgan fingerprint density at radius 3 is 2.78 bits per heavy atom. The molecule has 0 aromatic heterocycles. The third kappa shape index (κ3) is 3.87. The van der Waals surface area contributed by atoms with Crippen LogP contribution in [0.5, 0.6) is 0 Å². The highest BCUT2D eigenvalue weighted by molar-refractivity contribution is 8.00. The van der Waals surface area contributed by atoms with Crippen LogP contribution < -0.4 is 5.32 Å². The molecule has 0 bridgehead atoms. The number of nitrogens with one attached hydrogen (secondary N) is 1. The molecule has 1 N–H and O–H groups in total. The Hall–Kier alpha value is -0.260. The molecule has 0 aromatic rings. The molecule has 1 aliphatic rings. The summed E-state index contributed by atoms with van der Waals surface area (Å²) in [5.41, 5.74) is -0.607. The van der Waals surface area contributed by atoms with Gasteiger partial charge in [-0.15, -0.1) is 0 Å². The Balaban J connectivity index is 2.51. The first-order valence-electron chi connectivity index (χ1n) is 6.47. The van der Waals surface area contributed by atoms with Crippen LogP contribution >= 0.6 is 11.8 Å². The van der Waals surface area contributed by atoms with E-state index in [4.69, 9.17) is 9.47 Å². The van der Waals surface area contributed by atoms with E-state index in [1.165, 1.54) is 7.11 Å². The summed E-state index contributed by atoms with van der Waals surface area (Å²) in [6, 6.07) is 0. The molecule has 1 rings (SSSR count). The van der Waals surface area contributed by atoms with Crippen LogP contribution in [0.2, 0.25) is 0 Å². The minimum atomic E-state index is -0.607. The molecule has 4 atom stereocenters. The van der Waals surface area contributed by atoms with Gasteiger partial charge in [-0.05, 0) is 33.7 Å². The molecule has 4 unspecified atom stereocenters.